The van der Waals surface area contributed by atoms with Gasteiger partial charge in [0, 0.05) is 45.0 Å². The zero-order chi connectivity index (χ0) is 30.9. The van der Waals surface area contributed by atoms with Crippen LogP contribution in [0.4, 0.5) is 4.39 Å². The smallest absolute Gasteiger partial charge is 0.247 e. The predicted molar refractivity (Wildman–Crippen MR) is 165 cm³/mol. The van der Waals surface area contributed by atoms with Crippen molar-refractivity contribution in [1.29, 1.82) is 0 Å². The van der Waals surface area contributed by atoms with Gasteiger partial charge in [-0.05, 0) is 77.9 Å². The number of nitrogens with zero attached hydrogens (tertiary/aromatic N) is 3. The molecule has 2 amide bonds. The normalized spacial score (nSPS) is 14.2. The number of carbonyl (C=O) groups excluding carboxylic acids is 2. The highest BCUT2D eigenvalue weighted by Crippen LogP contribution is 2.26. The van der Waals surface area contributed by atoms with Crippen LogP contribution in [0, 0.1) is 5.82 Å². The Kier molecular flexibility index (Phi) is 10.1. The van der Waals surface area contributed by atoms with Gasteiger partial charge in [-0.1, -0.05) is 54.6 Å². The molecule has 0 spiro atoms. The first kappa shape index (κ1) is 31.0. The Morgan fingerprint density at radius 3 is 2.14 bits per heavy atom. The Balaban J connectivity index is 1.37. The molecule has 1 fully saturated rings. The number of aryl methyl sites for hydroxylation is 1. The molecule has 1 aliphatic heterocycles. The third-order valence-electron chi connectivity index (χ3n) is 7.73. The fraction of sp³-hybridized carbons (Fsp3) is 0.265. The lowest BCUT2D eigenvalue weighted by Crippen LogP contribution is -2.43. The van der Waals surface area contributed by atoms with Crippen LogP contribution in [0.3, 0.4) is 0 Å². The van der Waals surface area contributed by atoms with Crippen LogP contribution in [0.2, 0.25) is 0 Å². The number of hydrogen-bond acceptors (Lipinski definition) is 5. The monoisotopic (exact) mass is 614 g/mol. The number of halogens is 1. The van der Waals surface area contributed by atoms with Gasteiger partial charge in [-0.25, -0.2) is 12.8 Å². The molecule has 0 saturated carbocycles. The third-order valence-corrected chi connectivity index (χ3v) is 9.64. The maximum atomic E-state index is 13.9. The Labute approximate surface area is 257 Å². The quantitative estimate of drug-likeness (QED) is 0.242. The van der Waals surface area contributed by atoms with Gasteiger partial charge in [0.15, 0.2) is 0 Å². The van der Waals surface area contributed by atoms with E-state index in [-0.39, 0.29) is 36.2 Å². The lowest BCUT2D eigenvalue weighted by molar-refractivity contribution is -0.141. The molecule has 2 heterocycles. The second-order valence-corrected chi connectivity index (χ2v) is 12.7. The second kappa shape index (κ2) is 14.4. The lowest BCUT2D eigenvalue weighted by atomic mass is 10.0. The SMILES string of the molecule is O=C(NCc1ccncc1)[C@@H](c1ccccc1)N(Cc1ccc(F)cc1)C(=O)CCc1ccc(S(=O)(=O)N2CCCC2)cc1. The Morgan fingerprint density at radius 1 is 0.841 bits per heavy atom. The number of nitrogens with one attached hydrogen (secondary N) is 1. The maximum Gasteiger partial charge on any atom is 0.247 e. The first-order chi connectivity index (χ1) is 21.3. The summed E-state index contributed by atoms with van der Waals surface area (Å²) in [7, 11) is -3.53. The van der Waals surface area contributed by atoms with E-state index in [1.165, 1.54) is 21.3 Å². The van der Waals surface area contributed by atoms with Crippen molar-refractivity contribution >= 4 is 21.8 Å². The molecular weight excluding hydrogens is 579 g/mol. The second-order valence-electron chi connectivity index (χ2n) is 10.8. The number of amides is 2. The number of pyridine rings is 1. The molecule has 0 aliphatic carbocycles. The van der Waals surface area contributed by atoms with E-state index < -0.39 is 21.9 Å². The van der Waals surface area contributed by atoms with Crippen LogP contribution in [0.15, 0.2) is 108 Å². The maximum absolute atomic E-state index is 13.9. The minimum Gasteiger partial charge on any atom is -0.350 e. The van der Waals surface area contributed by atoms with Crippen LogP contribution in [-0.4, -0.2) is 47.5 Å². The van der Waals surface area contributed by atoms with Gasteiger partial charge in [0.05, 0.1) is 4.90 Å². The summed E-state index contributed by atoms with van der Waals surface area (Å²) in [6, 6.07) is 24.3. The zero-order valence-corrected chi connectivity index (χ0v) is 25.1. The standard InChI is InChI=1S/C34H35FN4O4S/c35-30-13-8-28(9-14-30)25-39(33(29-6-2-1-3-7-29)34(41)37-24-27-18-20-36-21-19-27)32(40)17-12-26-10-15-31(16-11-26)44(42,43)38-22-4-5-23-38/h1-3,6-11,13-16,18-21,33H,4-5,12,17,22-25H2,(H,37,41)/t33-/m1/s1. The Bertz CT molecular complexity index is 1650. The summed E-state index contributed by atoms with van der Waals surface area (Å²) in [5.41, 5.74) is 3.00. The van der Waals surface area contributed by atoms with Crippen LogP contribution in [0.25, 0.3) is 0 Å². The number of sulfonamides is 1. The summed E-state index contributed by atoms with van der Waals surface area (Å²) >= 11 is 0. The predicted octanol–water partition coefficient (Wildman–Crippen LogP) is 5.02. The fourth-order valence-corrected chi connectivity index (χ4v) is 6.82. The van der Waals surface area contributed by atoms with Gasteiger partial charge < -0.3 is 10.2 Å². The average molecular weight is 615 g/mol. The van der Waals surface area contributed by atoms with Crippen LogP contribution in [-0.2, 0) is 39.1 Å². The summed E-state index contributed by atoms with van der Waals surface area (Å²) in [6.45, 7) is 1.41. The van der Waals surface area contributed by atoms with E-state index >= 15 is 0 Å². The van der Waals surface area contributed by atoms with Crippen molar-refractivity contribution in [2.45, 2.75) is 49.7 Å². The first-order valence-corrected chi connectivity index (χ1v) is 16.1. The molecule has 1 atom stereocenters. The van der Waals surface area contributed by atoms with Crippen molar-refractivity contribution in [2.75, 3.05) is 13.1 Å². The van der Waals surface area contributed by atoms with E-state index in [1.807, 2.05) is 18.2 Å². The molecular formula is C34H35FN4O4S. The van der Waals surface area contributed by atoms with Gasteiger partial charge >= 0.3 is 0 Å². The van der Waals surface area contributed by atoms with Crippen molar-refractivity contribution in [1.82, 2.24) is 19.5 Å². The minimum atomic E-state index is -3.53. The van der Waals surface area contributed by atoms with Gasteiger partial charge in [-0.3, -0.25) is 14.6 Å². The molecule has 8 nitrogen and oxygen atoms in total. The van der Waals surface area contributed by atoms with E-state index in [2.05, 4.69) is 10.3 Å². The first-order valence-electron chi connectivity index (χ1n) is 14.7. The van der Waals surface area contributed by atoms with E-state index in [4.69, 9.17) is 0 Å². The summed E-state index contributed by atoms with van der Waals surface area (Å²) < 4.78 is 41.0. The summed E-state index contributed by atoms with van der Waals surface area (Å²) in [4.78, 5) is 33.5. The van der Waals surface area contributed by atoms with Crippen LogP contribution in [0.5, 0.6) is 0 Å². The molecule has 1 aliphatic rings. The van der Waals surface area contributed by atoms with Crippen molar-refractivity contribution in [3.05, 3.63) is 131 Å². The number of hydrogen-bond donors (Lipinski definition) is 1. The molecule has 1 N–H and O–H groups in total. The summed E-state index contributed by atoms with van der Waals surface area (Å²) in [6.07, 6.45) is 5.45. The van der Waals surface area contributed by atoms with E-state index in [1.54, 1.807) is 73.1 Å². The molecule has 228 valence electrons. The van der Waals surface area contributed by atoms with E-state index in [0.29, 0.717) is 30.6 Å². The molecule has 0 bridgehead atoms. The molecule has 44 heavy (non-hydrogen) atoms. The minimum absolute atomic E-state index is 0.0837. The zero-order valence-electron chi connectivity index (χ0n) is 24.3. The molecule has 0 unspecified atom stereocenters. The van der Waals surface area contributed by atoms with Gasteiger partial charge in [0.1, 0.15) is 11.9 Å². The average Bonchev–Trinajstić information content (AvgIpc) is 3.61. The molecule has 5 rings (SSSR count). The Morgan fingerprint density at radius 2 is 1.48 bits per heavy atom. The van der Waals surface area contributed by atoms with Crippen molar-refractivity contribution < 1.29 is 22.4 Å². The highest BCUT2D eigenvalue weighted by Gasteiger charge is 2.31. The van der Waals surface area contributed by atoms with Crippen LogP contribution < -0.4 is 5.32 Å². The molecule has 10 heteroatoms. The molecule has 3 aromatic carbocycles. The molecule has 4 aromatic rings. The highest BCUT2D eigenvalue weighted by atomic mass is 32.2. The Hall–Kier alpha value is -4.41. The summed E-state index contributed by atoms with van der Waals surface area (Å²) in [5.74, 6) is -1.01. The number of carbonyl (C=O) groups is 2. The molecule has 1 saturated heterocycles. The van der Waals surface area contributed by atoms with Crippen LogP contribution >= 0.6 is 0 Å². The third kappa shape index (κ3) is 7.75. The number of aromatic nitrogens is 1. The van der Waals surface area contributed by atoms with Crippen LogP contribution in [0.1, 0.15) is 47.6 Å². The van der Waals surface area contributed by atoms with Gasteiger partial charge in [-0.2, -0.15) is 4.31 Å². The van der Waals surface area contributed by atoms with Crippen molar-refractivity contribution in [3.63, 3.8) is 0 Å². The van der Waals surface area contributed by atoms with Gasteiger partial charge in [0.25, 0.3) is 0 Å². The van der Waals surface area contributed by atoms with Crippen molar-refractivity contribution in [2.24, 2.45) is 0 Å². The van der Waals surface area contributed by atoms with E-state index in [9.17, 15) is 22.4 Å². The summed E-state index contributed by atoms with van der Waals surface area (Å²) in [5, 5.41) is 2.96. The van der Waals surface area contributed by atoms with Crippen molar-refractivity contribution in [3.8, 4) is 0 Å². The highest BCUT2D eigenvalue weighted by molar-refractivity contribution is 7.89. The van der Waals surface area contributed by atoms with Gasteiger partial charge in [0.2, 0.25) is 21.8 Å². The molecule has 1 aromatic heterocycles. The van der Waals surface area contributed by atoms with E-state index in [0.717, 1.165) is 24.0 Å². The topological polar surface area (TPSA) is 99.7 Å². The lowest BCUT2D eigenvalue weighted by Gasteiger charge is -2.32. The molecule has 0 radical (unpaired) electrons. The van der Waals surface area contributed by atoms with Gasteiger partial charge in [-0.15, -0.1) is 0 Å². The fourth-order valence-electron chi connectivity index (χ4n) is 5.31. The number of benzene rings is 3. The number of rotatable bonds is 12. The largest absolute Gasteiger partial charge is 0.350 e.